The van der Waals surface area contributed by atoms with Gasteiger partial charge in [0, 0.05) is 29.0 Å². The molecule has 0 unspecified atom stereocenters. The van der Waals surface area contributed by atoms with Gasteiger partial charge in [0.2, 0.25) is 0 Å². The molecule has 2 aromatic carbocycles. The molecule has 2 aromatic heterocycles. The fourth-order valence-corrected chi connectivity index (χ4v) is 2.60. The van der Waals surface area contributed by atoms with Gasteiger partial charge in [-0.3, -0.25) is 9.97 Å². The first kappa shape index (κ1) is 11.2. The molecule has 0 aliphatic heterocycles. The Morgan fingerprint density at radius 1 is 0.800 bits per heavy atom. The van der Waals surface area contributed by atoms with Gasteiger partial charge in [-0.1, -0.05) is 12.1 Å². The topological polar surface area (TPSA) is 41.6 Å². The van der Waals surface area contributed by atoms with Gasteiger partial charge in [0.15, 0.2) is 0 Å². The monoisotopic (exact) mass is 259 g/mol. The summed E-state index contributed by atoms with van der Waals surface area (Å²) in [6.07, 6.45) is 3.45. The molecule has 20 heavy (non-hydrogen) atoms. The van der Waals surface area contributed by atoms with E-state index in [0.717, 1.165) is 11.0 Å². The Hall–Kier alpha value is -2.68. The Balaban J connectivity index is 1.90. The largest absolute Gasteiger partial charge is 0.359 e. The lowest BCUT2D eigenvalue weighted by Crippen LogP contribution is -1.84. The van der Waals surface area contributed by atoms with Crippen LogP contribution in [0.1, 0.15) is 5.69 Å². The van der Waals surface area contributed by atoms with Crippen molar-refractivity contribution in [2.75, 3.05) is 0 Å². The van der Waals surface area contributed by atoms with Crippen LogP contribution in [0.15, 0.2) is 54.9 Å². The number of aromatic amines is 1. The number of rotatable bonds is 1. The van der Waals surface area contributed by atoms with Gasteiger partial charge in [0.05, 0.1) is 11.0 Å². The van der Waals surface area contributed by atoms with Crippen molar-refractivity contribution in [2.45, 2.75) is 6.92 Å². The van der Waals surface area contributed by atoms with Gasteiger partial charge in [-0.25, -0.2) is 0 Å². The summed E-state index contributed by atoms with van der Waals surface area (Å²) in [7, 11) is 0. The van der Waals surface area contributed by atoms with Gasteiger partial charge in [0.1, 0.15) is 0 Å². The first-order valence-electron chi connectivity index (χ1n) is 6.60. The molecule has 0 aliphatic carbocycles. The van der Waals surface area contributed by atoms with Gasteiger partial charge in [-0.05, 0) is 48.4 Å². The number of hydrogen-bond donors (Lipinski definition) is 1. The summed E-state index contributed by atoms with van der Waals surface area (Å²) < 4.78 is 0. The van der Waals surface area contributed by atoms with E-state index in [2.05, 4.69) is 58.3 Å². The summed E-state index contributed by atoms with van der Waals surface area (Å²) in [6.45, 7) is 2.07. The van der Waals surface area contributed by atoms with Crippen molar-refractivity contribution in [1.29, 1.82) is 0 Å². The molecule has 4 rings (SSSR count). The Kier molecular flexibility index (Phi) is 2.33. The molecule has 4 aromatic rings. The van der Waals surface area contributed by atoms with Crippen LogP contribution in [0.25, 0.3) is 33.1 Å². The second-order valence-corrected chi connectivity index (χ2v) is 5.01. The van der Waals surface area contributed by atoms with E-state index in [4.69, 9.17) is 0 Å². The minimum atomic E-state index is 0.926. The zero-order valence-electron chi connectivity index (χ0n) is 11.1. The van der Waals surface area contributed by atoms with Crippen LogP contribution in [0.3, 0.4) is 0 Å². The second-order valence-electron chi connectivity index (χ2n) is 5.01. The lowest BCUT2D eigenvalue weighted by molar-refractivity contribution is 1.29. The fourth-order valence-electron chi connectivity index (χ4n) is 2.60. The summed E-state index contributed by atoms with van der Waals surface area (Å²) in [5.41, 5.74) is 6.57. The maximum Gasteiger partial charge on any atom is 0.0892 e. The zero-order chi connectivity index (χ0) is 13.5. The van der Waals surface area contributed by atoms with Crippen molar-refractivity contribution in [3.05, 3.63) is 60.6 Å². The van der Waals surface area contributed by atoms with Crippen LogP contribution in [0.5, 0.6) is 0 Å². The van der Waals surface area contributed by atoms with E-state index >= 15 is 0 Å². The first-order chi connectivity index (χ1) is 9.79. The molecule has 0 fully saturated rings. The average molecular weight is 259 g/mol. The van der Waals surface area contributed by atoms with E-state index in [0.29, 0.717) is 0 Å². The molecule has 0 radical (unpaired) electrons. The maximum absolute atomic E-state index is 4.37. The Bertz CT molecular complexity index is 922. The molecule has 0 amide bonds. The van der Waals surface area contributed by atoms with Crippen LogP contribution in [0.2, 0.25) is 0 Å². The van der Waals surface area contributed by atoms with Crippen LogP contribution in [0.4, 0.5) is 0 Å². The molecular weight excluding hydrogens is 246 g/mol. The van der Waals surface area contributed by atoms with E-state index in [1.165, 1.54) is 27.7 Å². The molecule has 0 spiro atoms. The molecule has 3 heteroatoms. The van der Waals surface area contributed by atoms with Crippen LogP contribution < -0.4 is 0 Å². The number of nitrogens with zero attached hydrogens (tertiary/aromatic N) is 2. The highest BCUT2D eigenvalue weighted by Gasteiger charge is 2.03. The summed E-state index contributed by atoms with van der Waals surface area (Å²) in [6, 6.07) is 14.8. The standard InChI is InChI=1S/C17H13N3/c1-11-8-14-9-12(2-4-15(14)20-11)13-3-5-16-17(10-13)19-7-6-18-16/h2-10,20H,1H3. The van der Waals surface area contributed by atoms with E-state index < -0.39 is 0 Å². The summed E-state index contributed by atoms with van der Waals surface area (Å²) >= 11 is 0. The third-order valence-corrected chi connectivity index (χ3v) is 3.56. The number of nitrogens with one attached hydrogen (secondary N) is 1. The Labute approximate surface area is 116 Å². The number of fused-ring (bicyclic) bond motifs is 2. The van der Waals surface area contributed by atoms with Crippen LogP contribution in [-0.4, -0.2) is 15.0 Å². The highest BCUT2D eigenvalue weighted by Crippen LogP contribution is 2.26. The molecule has 0 saturated carbocycles. The van der Waals surface area contributed by atoms with Gasteiger partial charge >= 0.3 is 0 Å². The highest BCUT2D eigenvalue weighted by atomic mass is 14.8. The molecular formula is C17H13N3. The minimum Gasteiger partial charge on any atom is -0.359 e. The fraction of sp³-hybridized carbons (Fsp3) is 0.0588. The number of aromatic nitrogens is 3. The molecule has 0 saturated heterocycles. The van der Waals surface area contributed by atoms with Gasteiger partial charge in [-0.2, -0.15) is 0 Å². The molecule has 0 atom stereocenters. The SMILES string of the molecule is Cc1cc2cc(-c3ccc4nccnc4c3)ccc2[nH]1. The number of aryl methyl sites for hydroxylation is 1. The van der Waals surface area contributed by atoms with E-state index in [1.54, 1.807) is 12.4 Å². The normalized spacial score (nSPS) is 11.2. The van der Waals surface area contributed by atoms with E-state index in [1.807, 2.05) is 6.07 Å². The van der Waals surface area contributed by atoms with Crippen molar-refractivity contribution in [1.82, 2.24) is 15.0 Å². The predicted octanol–water partition coefficient (Wildman–Crippen LogP) is 4.09. The average Bonchev–Trinajstić information content (AvgIpc) is 2.85. The van der Waals surface area contributed by atoms with Gasteiger partial charge in [-0.15, -0.1) is 0 Å². The minimum absolute atomic E-state index is 0.926. The Morgan fingerprint density at radius 2 is 1.55 bits per heavy atom. The summed E-state index contributed by atoms with van der Waals surface area (Å²) in [5, 5.41) is 1.24. The van der Waals surface area contributed by atoms with Crippen molar-refractivity contribution in [3.63, 3.8) is 0 Å². The highest BCUT2D eigenvalue weighted by molar-refractivity contribution is 5.88. The van der Waals surface area contributed by atoms with Crippen LogP contribution in [-0.2, 0) is 0 Å². The van der Waals surface area contributed by atoms with Crippen LogP contribution >= 0.6 is 0 Å². The molecule has 3 nitrogen and oxygen atoms in total. The smallest absolute Gasteiger partial charge is 0.0892 e. The van der Waals surface area contributed by atoms with Crippen molar-refractivity contribution >= 4 is 21.9 Å². The quantitative estimate of drug-likeness (QED) is 0.559. The summed E-state index contributed by atoms with van der Waals surface area (Å²) in [5.74, 6) is 0. The van der Waals surface area contributed by atoms with Crippen molar-refractivity contribution < 1.29 is 0 Å². The predicted molar refractivity (Wildman–Crippen MR) is 81.6 cm³/mol. The molecule has 96 valence electrons. The summed E-state index contributed by atoms with van der Waals surface area (Å²) in [4.78, 5) is 12.0. The van der Waals surface area contributed by atoms with Gasteiger partial charge < -0.3 is 4.98 Å². The van der Waals surface area contributed by atoms with Crippen molar-refractivity contribution in [3.8, 4) is 11.1 Å². The second kappa shape index (κ2) is 4.17. The van der Waals surface area contributed by atoms with E-state index in [-0.39, 0.29) is 0 Å². The van der Waals surface area contributed by atoms with Crippen molar-refractivity contribution in [2.24, 2.45) is 0 Å². The molecule has 2 heterocycles. The van der Waals surface area contributed by atoms with Gasteiger partial charge in [0.25, 0.3) is 0 Å². The molecule has 0 aliphatic rings. The lowest BCUT2D eigenvalue weighted by atomic mass is 10.0. The maximum atomic E-state index is 4.37. The number of benzene rings is 2. The third kappa shape index (κ3) is 1.75. The zero-order valence-corrected chi connectivity index (χ0v) is 11.1. The first-order valence-corrected chi connectivity index (χ1v) is 6.60. The lowest BCUT2D eigenvalue weighted by Gasteiger charge is -2.03. The number of hydrogen-bond acceptors (Lipinski definition) is 2. The number of H-pyrrole nitrogens is 1. The Morgan fingerprint density at radius 3 is 2.45 bits per heavy atom. The molecule has 0 bridgehead atoms. The van der Waals surface area contributed by atoms with E-state index in [9.17, 15) is 0 Å². The molecule has 1 N–H and O–H groups in total. The van der Waals surface area contributed by atoms with Crippen LogP contribution in [0, 0.1) is 6.92 Å². The third-order valence-electron chi connectivity index (χ3n) is 3.56.